The first-order valence-electron chi connectivity index (χ1n) is 6.14. The summed E-state index contributed by atoms with van der Waals surface area (Å²) in [6.07, 6.45) is 1.57. The number of aromatic amines is 1. The zero-order valence-electron chi connectivity index (χ0n) is 10.7. The summed E-state index contributed by atoms with van der Waals surface area (Å²) < 4.78 is 26.4. The summed E-state index contributed by atoms with van der Waals surface area (Å²) in [5, 5.41) is 0.780. The van der Waals surface area contributed by atoms with E-state index >= 15 is 0 Å². The zero-order valence-corrected chi connectivity index (χ0v) is 10.7. The summed E-state index contributed by atoms with van der Waals surface area (Å²) in [5.74, 6) is -1.92. The molecule has 2 aromatic carbocycles. The number of hydrogen-bond donors (Lipinski definition) is 1. The van der Waals surface area contributed by atoms with Gasteiger partial charge in [-0.15, -0.1) is 0 Å². The van der Waals surface area contributed by atoms with Crippen LogP contribution in [0.2, 0.25) is 0 Å². The molecule has 0 bridgehead atoms. The number of H-pyrrole nitrogens is 1. The molecule has 2 nitrogen and oxygen atoms in total. The Morgan fingerprint density at radius 2 is 1.80 bits per heavy atom. The highest BCUT2D eigenvalue weighted by Gasteiger charge is 2.17. The number of aryl methyl sites for hydroxylation is 1. The van der Waals surface area contributed by atoms with Gasteiger partial charge in [-0.05, 0) is 30.7 Å². The highest BCUT2D eigenvalue weighted by atomic mass is 19.1. The van der Waals surface area contributed by atoms with Crippen LogP contribution in [0.3, 0.4) is 0 Å². The molecule has 20 heavy (non-hydrogen) atoms. The van der Waals surface area contributed by atoms with Gasteiger partial charge in [0.1, 0.15) is 11.6 Å². The predicted octanol–water partition coefficient (Wildman–Crippen LogP) is 3.99. The fourth-order valence-corrected chi connectivity index (χ4v) is 2.39. The molecular formula is C16H11F2NO. The minimum Gasteiger partial charge on any atom is -0.360 e. The third kappa shape index (κ3) is 1.99. The lowest BCUT2D eigenvalue weighted by Gasteiger charge is -2.03. The molecule has 0 unspecified atom stereocenters. The van der Waals surface area contributed by atoms with Crippen LogP contribution in [0.15, 0.2) is 42.6 Å². The fourth-order valence-electron chi connectivity index (χ4n) is 2.39. The van der Waals surface area contributed by atoms with Crippen LogP contribution in [-0.2, 0) is 0 Å². The molecular weight excluding hydrogens is 260 g/mol. The summed E-state index contributed by atoms with van der Waals surface area (Å²) in [7, 11) is 0. The maximum Gasteiger partial charge on any atom is 0.195 e. The molecule has 3 rings (SSSR count). The van der Waals surface area contributed by atoms with Crippen LogP contribution >= 0.6 is 0 Å². The molecule has 1 heterocycles. The Balaban J connectivity index is 2.18. The Bertz CT molecular complexity index is 800. The highest BCUT2D eigenvalue weighted by Crippen LogP contribution is 2.24. The van der Waals surface area contributed by atoms with Crippen molar-refractivity contribution in [1.82, 2.24) is 4.98 Å². The molecule has 0 amide bonds. The van der Waals surface area contributed by atoms with Crippen LogP contribution in [0.25, 0.3) is 10.9 Å². The van der Waals surface area contributed by atoms with E-state index in [1.807, 2.05) is 25.1 Å². The minimum absolute atomic E-state index is 0.00616. The first-order valence-corrected chi connectivity index (χ1v) is 6.14. The second kappa shape index (κ2) is 4.56. The summed E-state index contributed by atoms with van der Waals surface area (Å²) >= 11 is 0. The van der Waals surface area contributed by atoms with Crippen molar-refractivity contribution in [2.75, 3.05) is 0 Å². The van der Waals surface area contributed by atoms with Gasteiger partial charge in [-0.1, -0.05) is 12.1 Å². The molecule has 1 aromatic heterocycles. The van der Waals surface area contributed by atoms with E-state index < -0.39 is 17.4 Å². The van der Waals surface area contributed by atoms with Crippen LogP contribution in [0.5, 0.6) is 0 Å². The van der Waals surface area contributed by atoms with E-state index in [0.29, 0.717) is 5.56 Å². The molecule has 100 valence electrons. The second-order valence-electron chi connectivity index (χ2n) is 4.69. The maximum absolute atomic E-state index is 13.2. The molecule has 0 spiro atoms. The molecule has 0 fully saturated rings. The zero-order chi connectivity index (χ0) is 14.3. The third-order valence-electron chi connectivity index (χ3n) is 3.28. The molecule has 4 heteroatoms. The average Bonchev–Trinajstić information content (AvgIpc) is 2.82. The number of rotatable bonds is 2. The predicted molar refractivity (Wildman–Crippen MR) is 72.8 cm³/mol. The standard InChI is InChI=1S/C16H11F2NO/c1-9-3-2-4-14-15(9)13(8-19-14)16(20)10-5-11(17)7-12(18)6-10/h2-8,19H,1H3. The smallest absolute Gasteiger partial charge is 0.195 e. The number of aromatic nitrogens is 1. The first kappa shape index (κ1) is 12.5. The number of carbonyl (C=O) groups excluding carboxylic acids is 1. The Hall–Kier alpha value is -2.49. The number of benzene rings is 2. The van der Waals surface area contributed by atoms with Gasteiger partial charge in [0.2, 0.25) is 0 Å². The molecule has 0 radical (unpaired) electrons. The minimum atomic E-state index is -0.759. The molecule has 0 aliphatic rings. The van der Waals surface area contributed by atoms with Crippen molar-refractivity contribution in [3.05, 3.63) is 70.9 Å². The molecule has 0 saturated heterocycles. The third-order valence-corrected chi connectivity index (χ3v) is 3.28. The molecule has 3 aromatic rings. The number of ketones is 1. The maximum atomic E-state index is 13.2. The Kier molecular flexibility index (Phi) is 2.86. The number of fused-ring (bicyclic) bond motifs is 1. The first-order chi connectivity index (χ1) is 9.56. The summed E-state index contributed by atoms with van der Waals surface area (Å²) in [4.78, 5) is 15.4. The van der Waals surface area contributed by atoms with E-state index in [9.17, 15) is 13.6 Å². The monoisotopic (exact) mass is 271 g/mol. The van der Waals surface area contributed by atoms with Gasteiger partial charge in [-0.2, -0.15) is 0 Å². The summed E-state index contributed by atoms with van der Waals surface area (Å²) in [5.41, 5.74) is 2.18. The summed E-state index contributed by atoms with van der Waals surface area (Å²) in [6.45, 7) is 1.89. The van der Waals surface area contributed by atoms with E-state index in [-0.39, 0.29) is 5.56 Å². The van der Waals surface area contributed by atoms with Gasteiger partial charge in [-0.3, -0.25) is 4.79 Å². The van der Waals surface area contributed by atoms with Gasteiger partial charge in [0, 0.05) is 34.3 Å². The largest absolute Gasteiger partial charge is 0.360 e. The molecule has 0 saturated carbocycles. The summed E-state index contributed by atoms with van der Waals surface area (Å²) in [6, 6.07) is 8.46. The second-order valence-corrected chi connectivity index (χ2v) is 4.69. The highest BCUT2D eigenvalue weighted by molar-refractivity contribution is 6.16. The van der Waals surface area contributed by atoms with Crippen LogP contribution in [0.4, 0.5) is 8.78 Å². The van der Waals surface area contributed by atoms with Crippen molar-refractivity contribution in [2.24, 2.45) is 0 Å². The van der Waals surface area contributed by atoms with Gasteiger partial charge in [-0.25, -0.2) is 8.78 Å². The van der Waals surface area contributed by atoms with Crippen molar-refractivity contribution >= 4 is 16.7 Å². The van der Waals surface area contributed by atoms with Crippen LogP contribution < -0.4 is 0 Å². The SMILES string of the molecule is Cc1cccc2[nH]cc(C(=O)c3cc(F)cc(F)c3)c12. The van der Waals surface area contributed by atoms with Gasteiger partial charge < -0.3 is 4.98 Å². The normalized spacial score (nSPS) is 10.9. The van der Waals surface area contributed by atoms with Crippen LogP contribution in [0.1, 0.15) is 21.5 Å². The van der Waals surface area contributed by atoms with Crippen LogP contribution in [0, 0.1) is 18.6 Å². The number of nitrogens with one attached hydrogen (secondary N) is 1. The molecule has 0 aliphatic carbocycles. The van der Waals surface area contributed by atoms with Crippen molar-refractivity contribution in [2.45, 2.75) is 6.92 Å². The van der Waals surface area contributed by atoms with Crippen LogP contribution in [-0.4, -0.2) is 10.8 Å². The Morgan fingerprint density at radius 3 is 2.50 bits per heavy atom. The number of carbonyl (C=O) groups is 1. The lowest BCUT2D eigenvalue weighted by atomic mass is 10.00. The Labute approximate surface area is 114 Å². The molecule has 1 N–H and O–H groups in total. The lowest BCUT2D eigenvalue weighted by molar-refractivity contribution is 0.103. The quantitative estimate of drug-likeness (QED) is 0.702. The number of hydrogen-bond acceptors (Lipinski definition) is 1. The topological polar surface area (TPSA) is 32.9 Å². The van der Waals surface area contributed by atoms with Gasteiger partial charge in [0.25, 0.3) is 0 Å². The van der Waals surface area contributed by atoms with E-state index in [4.69, 9.17) is 0 Å². The molecule has 0 aliphatic heterocycles. The van der Waals surface area contributed by atoms with Crippen molar-refractivity contribution in [3.63, 3.8) is 0 Å². The van der Waals surface area contributed by atoms with Crippen molar-refractivity contribution < 1.29 is 13.6 Å². The molecule has 0 atom stereocenters. The van der Waals surface area contributed by atoms with Crippen molar-refractivity contribution in [1.29, 1.82) is 0 Å². The van der Waals surface area contributed by atoms with E-state index in [2.05, 4.69) is 4.98 Å². The average molecular weight is 271 g/mol. The van der Waals surface area contributed by atoms with Crippen molar-refractivity contribution in [3.8, 4) is 0 Å². The number of halogens is 2. The lowest BCUT2D eigenvalue weighted by Crippen LogP contribution is -2.02. The van der Waals surface area contributed by atoms with Gasteiger partial charge in [0.15, 0.2) is 5.78 Å². The van der Waals surface area contributed by atoms with Gasteiger partial charge >= 0.3 is 0 Å². The van der Waals surface area contributed by atoms with E-state index in [1.54, 1.807) is 6.20 Å². The van der Waals surface area contributed by atoms with E-state index in [1.165, 1.54) is 0 Å². The van der Waals surface area contributed by atoms with E-state index in [0.717, 1.165) is 34.7 Å². The Morgan fingerprint density at radius 1 is 1.10 bits per heavy atom. The van der Waals surface area contributed by atoms with Gasteiger partial charge in [0.05, 0.1) is 0 Å². The fraction of sp³-hybridized carbons (Fsp3) is 0.0625.